The van der Waals surface area contributed by atoms with E-state index in [1.807, 2.05) is 6.07 Å². The molecule has 1 aromatic heterocycles. The van der Waals surface area contributed by atoms with Gasteiger partial charge in [0.2, 0.25) is 0 Å². The second kappa shape index (κ2) is 6.66. The molecule has 0 atom stereocenters. The molecule has 0 bridgehead atoms. The molecule has 0 unspecified atom stereocenters. The molecule has 0 fully saturated rings. The average Bonchev–Trinajstić information content (AvgIpc) is 2.70. The number of allylic oxidation sites excluding steroid dienone is 1. The maximum absolute atomic E-state index is 12.6. The van der Waals surface area contributed by atoms with Gasteiger partial charge in [0, 0.05) is 41.4 Å². The second-order valence-corrected chi connectivity index (χ2v) is 8.15. The lowest BCUT2D eigenvalue weighted by Crippen LogP contribution is -2.34. The lowest BCUT2D eigenvalue weighted by atomic mass is 9.86. The summed E-state index contributed by atoms with van der Waals surface area (Å²) in [5.41, 5.74) is 8.98. The first-order chi connectivity index (χ1) is 13.6. The third kappa shape index (κ3) is 2.69. The first-order valence-electron chi connectivity index (χ1n) is 10.2. The summed E-state index contributed by atoms with van der Waals surface area (Å²) in [5.74, 6) is 0. The Bertz CT molecular complexity index is 1150. The Morgan fingerprint density at radius 2 is 1.75 bits per heavy atom. The molecule has 0 aliphatic carbocycles. The van der Waals surface area contributed by atoms with E-state index >= 15 is 0 Å². The average molecular weight is 371 g/mol. The highest BCUT2D eigenvalue weighted by molar-refractivity contribution is 5.99. The fourth-order valence-corrected chi connectivity index (χ4v) is 5.00. The molecule has 3 aromatic rings. The molecule has 0 spiro atoms. The summed E-state index contributed by atoms with van der Waals surface area (Å²) in [6, 6.07) is 14.3. The van der Waals surface area contributed by atoms with E-state index in [9.17, 15) is 4.79 Å². The van der Waals surface area contributed by atoms with Crippen LogP contribution in [0.4, 0.5) is 5.69 Å². The highest BCUT2D eigenvalue weighted by Gasteiger charge is 2.28. The van der Waals surface area contributed by atoms with Crippen LogP contribution in [0.2, 0.25) is 0 Å². The van der Waals surface area contributed by atoms with Gasteiger partial charge in [-0.05, 0) is 62.3 Å². The van der Waals surface area contributed by atoms with Crippen molar-refractivity contribution in [3.8, 4) is 0 Å². The Balaban J connectivity index is 1.86. The molecule has 142 valence electrons. The maximum atomic E-state index is 12.6. The zero-order valence-electron chi connectivity index (χ0n) is 16.5. The minimum absolute atomic E-state index is 0.263. The Morgan fingerprint density at radius 3 is 2.50 bits per heavy atom. The summed E-state index contributed by atoms with van der Waals surface area (Å²) in [4.78, 5) is 15.1. The van der Waals surface area contributed by atoms with Crippen molar-refractivity contribution in [3.05, 3.63) is 80.7 Å². The van der Waals surface area contributed by atoms with Crippen LogP contribution < -0.4 is 10.5 Å². The zero-order valence-corrected chi connectivity index (χ0v) is 16.5. The summed E-state index contributed by atoms with van der Waals surface area (Å²) < 4.78 is 5.83. The van der Waals surface area contributed by atoms with Crippen LogP contribution in [0.1, 0.15) is 48.9 Å². The Morgan fingerprint density at radius 1 is 1.00 bits per heavy atom. The second-order valence-electron chi connectivity index (χ2n) is 8.15. The van der Waals surface area contributed by atoms with Crippen LogP contribution >= 0.6 is 0 Å². The monoisotopic (exact) mass is 371 g/mol. The van der Waals surface area contributed by atoms with E-state index in [0.717, 1.165) is 60.0 Å². The molecule has 0 saturated heterocycles. The molecule has 0 radical (unpaired) electrons. The fourth-order valence-electron chi connectivity index (χ4n) is 5.00. The molecule has 0 saturated carbocycles. The van der Waals surface area contributed by atoms with Crippen LogP contribution in [-0.2, 0) is 12.8 Å². The highest BCUT2D eigenvalue weighted by atomic mass is 16.4. The summed E-state index contributed by atoms with van der Waals surface area (Å²) in [6.45, 7) is 6.46. The molecule has 3 heteroatoms. The number of anilines is 1. The van der Waals surface area contributed by atoms with E-state index in [4.69, 9.17) is 4.42 Å². The van der Waals surface area contributed by atoms with Crippen LogP contribution in [0.3, 0.4) is 0 Å². The lowest BCUT2D eigenvalue weighted by Gasteiger charge is -2.37. The number of fused-ring (bicyclic) bond motifs is 2. The van der Waals surface area contributed by atoms with E-state index in [2.05, 4.69) is 49.1 Å². The van der Waals surface area contributed by atoms with Gasteiger partial charge in [-0.25, -0.2) is 4.79 Å². The minimum Gasteiger partial charge on any atom is -0.422 e. The summed E-state index contributed by atoms with van der Waals surface area (Å²) >= 11 is 0. The first-order valence-corrected chi connectivity index (χ1v) is 10.2. The van der Waals surface area contributed by atoms with Gasteiger partial charge in [0.15, 0.2) is 0 Å². The zero-order chi connectivity index (χ0) is 19.3. The summed E-state index contributed by atoms with van der Waals surface area (Å²) in [6.07, 6.45) is 4.40. The smallest absolute Gasteiger partial charge is 0.336 e. The molecule has 2 aromatic carbocycles. The van der Waals surface area contributed by atoms with Crippen molar-refractivity contribution in [1.29, 1.82) is 0 Å². The third-order valence-corrected chi connectivity index (χ3v) is 6.06. The van der Waals surface area contributed by atoms with Gasteiger partial charge in [-0.15, -0.1) is 0 Å². The van der Waals surface area contributed by atoms with E-state index in [0.29, 0.717) is 0 Å². The SMILES string of the molecule is CC(C)=C(c1ccccc1)c1cc(=O)oc2c3c4c(cc12)CCCN4CCC3. The van der Waals surface area contributed by atoms with Gasteiger partial charge >= 0.3 is 5.63 Å². The van der Waals surface area contributed by atoms with Crippen molar-refractivity contribution in [2.24, 2.45) is 0 Å². The summed E-state index contributed by atoms with van der Waals surface area (Å²) in [7, 11) is 0. The van der Waals surface area contributed by atoms with E-state index in [-0.39, 0.29) is 5.63 Å². The number of hydrogen-bond donors (Lipinski definition) is 0. The maximum Gasteiger partial charge on any atom is 0.336 e. The van der Waals surface area contributed by atoms with Crippen molar-refractivity contribution >= 4 is 22.2 Å². The molecule has 0 N–H and O–H groups in total. The minimum atomic E-state index is -0.263. The lowest BCUT2D eigenvalue weighted by molar-refractivity contribution is 0.549. The first kappa shape index (κ1) is 17.3. The van der Waals surface area contributed by atoms with Crippen molar-refractivity contribution < 1.29 is 4.42 Å². The van der Waals surface area contributed by atoms with Gasteiger partial charge in [-0.1, -0.05) is 35.9 Å². The van der Waals surface area contributed by atoms with Crippen LogP contribution in [0.15, 0.2) is 57.2 Å². The van der Waals surface area contributed by atoms with Gasteiger partial charge in [0.25, 0.3) is 0 Å². The van der Waals surface area contributed by atoms with Crippen molar-refractivity contribution in [1.82, 2.24) is 0 Å². The Labute approximate surface area is 165 Å². The molecule has 28 heavy (non-hydrogen) atoms. The predicted octanol–water partition coefficient (Wildman–Crippen LogP) is 5.33. The standard InChI is InChI=1S/C25H25NO2/c1-16(2)23(17-8-4-3-5-9-17)20-15-22(27)28-25-19-11-7-13-26-12-6-10-18(24(19)26)14-21(20)25/h3-5,8-9,14-15H,6-7,10-13H2,1-2H3. The van der Waals surface area contributed by atoms with Gasteiger partial charge in [0.05, 0.1) is 0 Å². The molecule has 0 amide bonds. The fraction of sp³-hybridized carbons (Fsp3) is 0.320. The van der Waals surface area contributed by atoms with Gasteiger partial charge in [-0.3, -0.25) is 0 Å². The van der Waals surface area contributed by atoms with Crippen LogP contribution in [0.25, 0.3) is 16.5 Å². The number of hydrogen-bond acceptors (Lipinski definition) is 3. The molecular formula is C25H25NO2. The molecule has 3 nitrogen and oxygen atoms in total. The number of aryl methyl sites for hydroxylation is 2. The van der Waals surface area contributed by atoms with Gasteiger partial charge in [0.1, 0.15) is 5.58 Å². The van der Waals surface area contributed by atoms with Crippen LogP contribution in [0, 0.1) is 0 Å². The van der Waals surface area contributed by atoms with E-state index in [1.54, 1.807) is 6.07 Å². The molecular weight excluding hydrogens is 346 g/mol. The summed E-state index contributed by atoms with van der Waals surface area (Å²) in [5, 5.41) is 1.08. The molecule has 5 rings (SSSR count). The predicted molar refractivity (Wildman–Crippen MR) is 115 cm³/mol. The largest absolute Gasteiger partial charge is 0.422 e. The highest BCUT2D eigenvalue weighted by Crippen LogP contribution is 2.42. The Kier molecular flexibility index (Phi) is 4.12. The quantitative estimate of drug-likeness (QED) is 0.571. The molecule has 2 aliphatic heterocycles. The van der Waals surface area contributed by atoms with Crippen molar-refractivity contribution in [3.63, 3.8) is 0 Å². The van der Waals surface area contributed by atoms with E-state index < -0.39 is 0 Å². The van der Waals surface area contributed by atoms with Crippen LogP contribution in [-0.4, -0.2) is 13.1 Å². The number of rotatable bonds is 2. The molecule has 3 heterocycles. The Hall–Kier alpha value is -2.81. The number of nitrogens with zero attached hydrogens (tertiary/aromatic N) is 1. The van der Waals surface area contributed by atoms with Crippen LogP contribution in [0.5, 0.6) is 0 Å². The van der Waals surface area contributed by atoms with E-state index in [1.165, 1.54) is 28.8 Å². The van der Waals surface area contributed by atoms with Crippen molar-refractivity contribution in [2.75, 3.05) is 18.0 Å². The topological polar surface area (TPSA) is 33.5 Å². The number of benzene rings is 2. The molecule has 2 aliphatic rings. The third-order valence-electron chi connectivity index (χ3n) is 6.06. The van der Waals surface area contributed by atoms with Gasteiger partial charge in [-0.2, -0.15) is 0 Å². The van der Waals surface area contributed by atoms with Crippen molar-refractivity contribution in [2.45, 2.75) is 39.5 Å². The normalized spacial score (nSPS) is 15.4. The van der Waals surface area contributed by atoms with Gasteiger partial charge < -0.3 is 9.32 Å².